The van der Waals surface area contributed by atoms with E-state index < -0.39 is 40.7 Å². The molecular weight excluding hydrogens is 416 g/mol. The molecular formula is C14H9BrN4O7. The van der Waals surface area contributed by atoms with Crippen LogP contribution in [0.1, 0.15) is 10.6 Å². The van der Waals surface area contributed by atoms with Gasteiger partial charge in [0.05, 0.1) is 22.8 Å². The van der Waals surface area contributed by atoms with Crippen molar-refractivity contribution >= 4 is 50.4 Å². The summed E-state index contributed by atoms with van der Waals surface area (Å²) < 4.78 is 9.92. The molecule has 0 aliphatic rings. The number of carbonyl (C=O) groups excluding carboxylic acids is 2. The minimum absolute atomic E-state index is 0.349. The summed E-state index contributed by atoms with van der Waals surface area (Å²) in [7, 11) is 0. The smallest absolute Gasteiger partial charge is 0.433 e. The predicted molar refractivity (Wildman–Crippen MR) is 90.9 cm³/mol. The molecule has 0 atom stereocenters. The molecule has 2 aromatic heterocycles. The Bertz CT molecular complexity index is 1080. The quantitative estimate of drug-likeness (QED) is 0.320. The lowest BCUT2D eigenvalue weighted by atomic mass is 10.2. The van der Waals surface area contributed by atoms with Crippen molar-refractivity contribution in [2.24, 2.45) is 0 Å². The predicted octanol–water partition coefficient (Wildman–Crippen LogP) is 1.92. The monoisotopic (exact) mass is 424 g/mol. The van der Waals surface area contributed by atoms with Crippen LogP contribution in [0.15, 0.2) is 37.9 Å². The first-order chi connectivity index (χ1) is 12.3. The summed E-state index contributed by atoms with van der Waals surface area (Å²) >= 11 is 3.25. The van der Waals surface area contributed by atoms with Crippen LogP contribution in [0.4, 0.5) is 11.6 Å². The summed E-state index contributed by atoms with van der Waals surface area (Å²) in [6.45, 7) is -0.637. The van der Waals surface area contributed by atoms with E-state index in [1.54, 1.807) is 6.07 Å². The highest BCUT2D eigenvalue weighted by Gasteiger charge is 2.19. The number of H-pyrrole nitrogens is 2. The van der Waals surface area contributed by atoms with Gasteiger partial charge in [-0.05, 0) is 34.1 Å². The molecule has 12 heteroatoms. The Morgan fingerprint density at radius 3 is 2.62 bits per heavy atom. The van der Waals surface area contributed by atoms with Gasteiger partial charge in [-0.2, -0.15) is 0 Å². The molecule has 3 N–H and O–H groups in total. The van der Waals surface area contributed by atoms with Crippen molar-refractivity contribution < 1.29 is 23.7 Å². The average molecular weight is 425 g/mol. The number of nitrogens with one attached hydrogen (secondary N) is 3. The first kappa shape index (κ1) is 17.4. The van der Waals surface area contributed by atoms with Gasteiger partial charge in [0, 0.05) is 4.47 Å². The van der Waals surface area contributed by atoms with Gasteiger partial charge in [0.15, 0.2) is 6.61 Å². The lowest BCUT2D eigenvalue weighted by molar-refractivity contribution is -0.402. The van der Waals surface area contributed by atoms with Gasteiger partial charge in [-0.25, -0.2) is 9.59 Å². The largest absolute Gasteiger partial charge is 0.450 e. The van der Waals surface area contributed by atoms with Gasteiger partial charge in [-0.1, -0.05) is 0 Å². The highest BCUT2D eigenvalue weighted by Crippen LogP contribution is 2.26. The lowest BCUT2D eigenvalue weighted by Crippen LogP contribution is -2.21. The number of fused-ring (bicyclic) bond motifs is 1. The molecule has 3 aromatic rings. The van der Waals surface area contributed by atoms with Gasteiger partial charge < -0.3 is 24.4 Å². The molecule has 26 heavy (non-hydrogen) atoms. The summed E-state index contributed by atoms with van der Waals surface area (Å²) in [4.78, 5) is 49.7. The van der Waals surface area contributed by atoms with Crippen molar-refractivity contribution in [3.8, 4) is 0 Å². The molecule has 0 fully saturated rings. The second-order valence-corrected chi connectivity index (χ2v) is 5.83. The topological polar surface area (TPSA) is 160 Å². The van der Waals surface area contributed by atoms with E-state index in [0.29, 0.717) is 21.2 Å². The van der Waals surface area contributed by atoms with Gasteiger partial charge >= 0.3 is 17.5 Å². The minimum atomic E-state index is -1.02. The third-order valence-corrected chi connectivity index (χ3v) is 3.84. The zero-order valence-corrected chi connectivity index (χ0v) is 14.3. The molecule has 0 bridgehead atoms. The summed E-state index contributed by atoms with van der Waals surface area (Å²) in [6.07, 6.45) is 0. The normalized spacial score (nSPS) is 10.7. The highest BCUT2D eigenvalue weighted by atomic mass is 79.9. The Hall–Kier alpha value is -3.41. The molecule has 1 amide bonds. The SMILES string of the molecule is O=C(COC(=O)c1ccc([N+](=O)[O-])o1)Nc1cc2[nH]c(=O)[nH]c2cc1Br. The Morgan fingerprint density at radius 2 is 1.96 bits per heavy atom. The third-order valence-electron chi connectivity index (χ3n) is 3.18. The molecule has 0 saturated carbocycles. The first-order valence-electron chi connectivity index (χ1n) is 6.96. The Kier molecular flexibility index (Phi) is 4.58. The van der Waals surface area contributed by atoms with Crippen molar-refractivity contribution in [2.45, 2.75) is 0 Å². The molecule has 0 radical (unpaired) electrons. The Balaban J connectivity index is 1.63. The maximum atomic E-state index is 11.9. The fraction of sp³-hybridized carbons (Fsp3) is 0.0714. The van der Waals surface area contributed by atoms with Crippen LogP contribution in [0, 0.1) is 10.1 Å². The van der Waals surface area contributed by atoms with Crippen molar-refractivity contribution in [1.82, 2.24) is 9.97 Å². The van der Waals surface area contributed by atoms with Crippen molar-refractivity contribution in [1.29, 1.82) is 0 Å². The third kappa shape index (κ3) is 3.64. The summed E-state index contributed by atoms with van der Waals surface area (Å²) in [5.74, 6) is -2.67. The van der Waals surface area contributed by atoms with Crippen LogP contribution in [0.3, 0.4) is 0 Å². The molecule has 0 aliphatic heterocycles. The number of imidazole rings is 1. The van der Waals surface area contributed by atoms with E-state index in [2.05, 4.69) is 35.6 Å². The number of nitro groups is 1. The molecule has 0 unspecified atom stereocenters. The lowest BCUT2D eigenvalue weighted by Gasteiger charge is -2.08. The molecule has 2 heterocycles. The first-order valence-corrected chi connectivity index (χ1v) is 7.75. The van der Waals surface area contributed by atoms with Crippen LogP contribution in [0.25, 0.3) is 11.0 Å². The number of hydrogen-bond acceptors (Lipinski definition) is 7. The van der Waals surface area contributed by atoms with Crippen LogP contribution in [0.2, 0.25) is 0 Å². The summed E-state index contributed by atoms with van der Waals surface area (Å²) in [6, 6.07) is 5.19. The van der Waals surface area contributed by atoms with Gasteiger partial charge in [-0.15, -0.1) is 0 Å². The number of furan rings is 1. The second-order valence-electron chi connectivity index (χ2n) is 4.98. The average Bonchev–Trinajstić information content (AvgIpc) is 3.19. The summed E-state index contributed by atoms with van der Waals surface area (Å²) in [5, 5.41) is 13.0. The number of halogens is 1. The van der Waals surface area contributed by atoms with Gasteiger partial charge in [0.25, 0.3) is 5.91 Å². The number of ether oxygens (including phenoxy) is 1. The highest BCUT2D eigenvalue weighted by molar-refractivity contribution is 9.10. The van der Waals surface area contributed by atoms with Crippen LogP contribution >= 0.6 is 15.9 Å². The molecule has 134 valence electrons. The number of benzene rings is 1. The van der Waals surface area contributed by atoms with Crippen molar-refractivity contribution in [3.05, 3.63) is 55.1 Å². The zero-order valence-electron chi connectivity index (χ0n) is 12.7. The van der Waals surface area contributed by atoms with E-state index >= 15 is 0 Å². The number of hydrogen-bond donors (Lipinski definition) is 3. The molecule has 0 aliphatic carbocycles. The van der Waals surface area contributed by atoms with E-state index in [1.807, 2.05) is 0 Å². The minimum Gasteiger partial charge on any atom is -0.450 e. The molecule has 1 aromatic carbocycles. The van der Waals surface area contributed by atoms with Gasteiger partial charge in [0.2, 0.25) is 5.76 Å². The number of nitrogens with zero attached hydrogens (tertiary/aromatic N) is 1. The molecule has 3 rings (SSSR count). The maximum absolute atomic E-state index is 11.9. The molecule has 0 saturated heterocycles. The number of esters is 1. The fourth-order valence-corrected chi connectivity index (χ4v) is 2.52. The number of carbonyl (C=O) groups is 2. The van der Waals surface area contributed by atoms with E-state index in [1.165, 1.54) is 6.07 Å². The van der Waals surface area contributed by atoms with Crippen LogP contribution in [0.5, 0.6) is 0 Å². The standard InChI is InChI=1S/C14H9BrN4O7/c15-6-3-8-9(18-14(22)17-8)4-7(6)16-11(20)5-25-13(21)10-1-2-12(26-10)19(23)24/h1-4H,5H2,(H,16,20)(H2,17,18,22). The van der Waals surface area contributed by atoms with E-state index in [-0.39, 0.29) is 0 Å². The van der Waals surface area contributed by atoms with Crippen LogP contribution in [-0.2, 0) is 9.53 Å². The number of anilines is 1. The molecule has 11 nitrogen and oxygen atoms in total. The number of aromatic amines is 2. The summed E-state index contributed by atoms with van der Waals surface area (Å²) in [5.41, 5.74) is 0.985. The van der Waals surface area contributed by atoms with Crippen LogP contribution in [-0.4, -0.2) is 33.4 Å². The molecule has 0 spiro atoms. The zero-order chi connectivity index (χ0) is 18.8. The Labute approximate surface area is 151 Å². The van der Waals surface area contributed by atoms with Gasteiger partial charge in [-0.3, -0.25) is 14.9 Å². The fourth-order valence-electron chi connectivity index (χ4n) is 2.08. The van der Waals surface area contributed by atoms with E-state index in [9.17, 15) is 24.5 Å². The Morgan fingerprint density at radius 1 is 1.27 bits per heavy atom. The van der Waals surface area contributed by atoms with Crippen molar-refractivity contribution in [3.63, 3.8) is 0 Å². The number of rotatable bonds is 5. The number of aromatic nitrogens is 2. The van der Waals surface area contributed by atoms with E-state index in [4.69, 9.17) is 4.74 Å². The maximum Gasteiger partial charge on any atom is 0.433 e. The van der Waals surface area contributed by atoms with E-state index in [0.717, 1.165) is 12.1 Å². The van der Waals surface area contributed by atoms with Crippen LogP contribution < -0.4 is 11.0 Å². The van der Waals surface area contributed by atoms with Crippen molar-refractivity contribution in [2.75, 3.05) is 11.9 Å². The number of amides is 1. The second kappa shape index (κ2) is 6.84. The van der Waals surface area contributed by atoms with Gasteiger partial charge in [0.1, 0.15) is 4.92 Å².